The number of aromatic hydroxyl groups is 2. The van der Waals surface area contributed by atoms with Crippen LogP contribution in [0.5, 0.6) is 17.5 Å². The molecule has 0 saturated carbocycles. The van der Waals surface area contributed by atoms with Crippen LogP contribution in [0, 0.1) is 23.2 Å². The van der Waals surface area contributed by atoms with Crippen LogP contribution in [0.15, 0.2) is 77.6 Å². The lowest BCUT2D eigenvalue weighted by atomic mass is 9.91. The summed E-state index contributed by atoms with van der Waals surface area (Å²) in [7, 11) is 0. The molecule has 374 valence electrons. The fourth-order valence-corrected chi connectivity index (χ4v) is 11.2. The van der Waals surface area contributed by atoms with Gasteiger partial charge in [-0.05, 0) is 85.1 Å². The number of rotatable bonds is 13. The van der Waals surface area contributed by atoms with Gasteiger partial charge in [-0.2, -0.15) is 20.3 Å². The minimum absolute atomic E-state index is 0.0123. The summed E-state index contributed by atoms with van der Waals surface area (Å²) in [6, 6.07) is 25.1. The Kier molecular flexibility index (Phi) is 13.8. The average Bonchev–Trinajstić information content (AvgIpc) is 3.75. The first-order chi connectivity index (χ1) is 34.9. The minimum atomic E-state index is -0.446. The molecule has 17 nitrogen and oxygen atoms in total. The molecule has 1 atom stereocenters. The molecule has 4 aromatic carbocycles. The van der Waals surface area contributed by atoms with Gasteiger partial charge in [-0.3, -0.25) is 14.5 Å². The summed E-state index contributed by atoms with van der Waals surface area (Å²) in [5.74, 6) is 1.15. The second-order valence-corrected chi connectivity index (χ2v) is 20.3. The number of likely N-dealkylation sites (tertiary alicyclic amines) is 2. The molecule has 0 aliphatic carbocycles. The third kappa shape index (κ3) is 9.65. The SMILES string of the molecule is CCC(=O)N1CCN(c2nc(OCC3CN(C(=O)C4CCN(Cc5ccc(-n6c(-c7cc(C(C)C)c(O)cc7O)n[nH]c6=O)cc5)CC4)C3)nc3c2CCN(c2cccc4cccc(Cl)c24)C3)CC1CC#N. The van der Waals surface area contributed by atoms with Crippen molar-refractivity contribution < 1.29 is 24.5 Å². The van der Waals surface area contributed by atoms with Crippen molar-refractivity contribution in [3.63, 3.8) is 0 Å². The maximum Gasteiger partial charge on any atom is 0.348 e. The van der Waals surface area contributed by atoms with Gasteiger partial charge in [0.05, 0.1) is 53.7 Å². The number of H-pyrrole nitrogens is 1. The van der Waals surface area contributed by atoms with Crippen LogP contribution in [0.2, 0.25) is 5.02 Å². The van der Waals surface area contributed by atoms with Crippen LogP contribution in [0.4, 0.5) is 11.5 Å². The molecule has 4 aliphatic heterocycles. The Labute approximate surface area is 423 Å². The summed E-state index contributed by atoms with van der Waals surface area (Å²) >= 11 is 6.79. The Balaban J connectivity index is 0.759. The standard InChI is InChI=1S/C54H60ClN11O6/c1-4-48(69)65-24-23-63(30-39(65)15-19-56)50-40-18-22-62(45-10-6-8-36-7-5-9-43(55)49(36)45)31-44(40)57-53(58-50)72-32-35-28-64(29-35)52(70)37-16-20-61(21-17-37)27-34-11-13-38(14-12-34)66-51(59-60-54(66)71)42-25-41(33(2)3)46(67)26-47(42)68/h5-14,25-26,33,35,37,39,67-68H,4,15-18,20-24,27-32H2,1-3H3,(H,60,71). The number of phenols is 2. The van der Waals surface area contributed by atoms with E-state index in [-0.39, 0.29) is 65.4 Å². The van der Waals surface area contributed by atoms with Crippen LogP contribution < -0.4 is 20.2 Å². The lowest BCUT2D eigenvalue weighted by molar-refractivity contribution is -0.144. The van der Waals surface area contributed by atoms with E-state index in [4.69, 9.17) is 26.3 Å². The topological polar surface area (TPSA) is 200 Å². The Morgan fingerprint density at radius 2 is 1.69 bits per heavy atom. The number of hydrogen-bond donors (Lipinski definition) is 3. The summed E-state index contributed by atoms with van der Waals surface area (Å²) in [6.07, 6.45) is 2.85. The van der Waals surface area contributed by atoms with Gasteiger partial charge in [0.2, 0.25) is 11.8 Å². The fraction of sp³-hybridized carbons (Fsp3) is 0.426. The molecule has 10 rings (SSSR count). The quantitative estimate of drug-likeness (QED) is 0.107. The van der Waals surface area contributed by atoms with Gasteiger partial charge in [-0.1, -0.05) is 68.8 Å². The monoisotopic (exact) mass is 993 g/mol. The summed E-state index contributed by atoms with van der Waals surface area (Å²) in [4.78, 5) is 60.3. The van der Waals surface area contributed by atoms with E-state index >= 15 is 0 Å². The van der Waals surface area contributed by atoms with E-state index in [0.29, 0.717) is 87.1 Å². The van der Waals surface area contributed by atoms with Gasteiger partial charge in [0.1, 0.15) is 17.3 Å². The Morgan fingerprint density at radius 3 is 2.43 bits per heavy atom. The van der Waals surface area contributed by atoms with Gasteiger partial charge >= 0.3 is 11.7 Å². The zero-order valence-corrected chi connectivity index (χ0v) is 41.7. The van der Waals surface area contributed by atoms with Crippen LogP contribution >= 0.6 is 11.6 Å². The molecule has 2 amide bonds. The second-order valence-electron chi connectivity index (χ2n) is 19.9. The van der Waals surface area contributed by atoms with E-state index in [1.54, 1.807) is 6.07 Å². The molecule has 0 bridgehead atoms. The molecule has 1 unspecified atom stereocenters. The molecule has 3 fully saturated rings. The number of halogens is 1. The first-order valence-corrected chi connectivity index (χ1v) is 25.4. The minimum Gasteiger partial charge on any atom is -0.508 e. The number of aromatic nitrogens is 5. The number of carbonyl (C=O) groups excluding carboxylic acids is 2. The van der Waals surface area contributed by atoms with Crippen LogP contribution in [-0.2, 0) is 29.1 Å². The van der Waals surface area contributed by atoms with Gasteiger partial charge in [0, 0.05) is 86.8 Å². The molecular formula is C54H60ClN11O6. The zero-order chi connectivity index (χ0) is 50.2. The summed E-state index contributed by atoms with van der Waals surface area (Å²) in [5, 5.41) is 40.3. The van der Waals surface area contributed by atoms with Crippen molar-refractivity contribution >= 4 is 45.7 Å². The number of fused-ring (bicyclic) bond motifs is 2. The smallest absolute Gasteiger partial charge is 0.348 e. The predicted octanol–water partition coefficient (Wildman–Crippen LogP) is 7.01. The molecule has 6 heterocycles. The third-order valence-corrected chi connectivity index (χ3v) is 15.2. The van der Waals surface area contributed by atoms with Crippen molar-refractivity contribution in [2.75, 3.05) is 68.8 Å². The number of ether oxygens (including phenoxy) is 1. The summed E-state index contributed by atoms with van der Waals surface area (Å²) in [6.45, 7) is 12.4. The second kappa shape index (κ2) is 20.5. The molecule has 6 aromatic rings. The van der Waals surface area contributed by atoms with Gasteiger partial charge in [-0.15, -0.1) is 0 Å². The lowest BCUT2D eigenvalue weighted by Crippen LogP contribution is -2.55. The van der Waals surface area contributed by atoms with Crippen molar-refractivity contribution in [1.29, 1.82) is 5.26 Å². The van der Waals surface area contributed by atoms with E-state index in [1.807, 2.05) is 67.0 Å². The van der Waals surface area contributed by atoms with Crippen LogP contribution in [0.1, 0.15) is 74.8 Å². The van der Waals surface area contributed by atoms with Crippen molar-refractivity contribution in [3.05, 3.63) is 111 Å². The number of piperazine rings is 1. The molecule has 18 heteroatoms. The first-order valence-electron chi connectivity index (χ1n) is 25.1. The largest absolute Gasteiger partial charge is 0.508 e. The van der Waals surface area contributed by atoms with E-state index in [0.717, 1.165) is 71.6 Å². The molecule has 2 aromatic heterocycles. The summed E-state index contributed by atoms with van der Waals surface area (Å²) < 4.78 is 7.84. The number of hydrogen-bond acceptors (Lipinski definition) is 13. The maximum absolute atomic E-state index is 13.8. The van der Waals surface area contributed by atoms with Crippen LogP contribution in [0.3, 0.4) is 0 Å². The Morgan fingerprint density at radius 1 is 0.931 bits per heavy atom. The highest BCUT2D eigenvalue weighted by atomic mass is 35.5. The summed E-state index contributed by atoms with van der Waals surface area (Å²) in [5.41, 5.74) is 5.15. The first kappa shape index (κ1) is 48.5. The average molecular weight is 995 g/mol. The number of nitrogens with one attached hydrogen (secondary N) is 1. The maximum atomic E-state index is 13.8. The number of aromatic amines is 1. The van der Waals surface area contributed by atoms with Crippen molar-refractivity contribution in [2.24, 2.45) is 11.8 Å². The number of benzene rings is 4. The van der Waals surface area contributed by atoms with E-state index < -0.39 is 5.69 Å². The number of nitriles is 1. The van der Waals surface area contributed by atoms with E-state index in [1.165, 1.54) is 10.6 Å². The molecule has 3 N–H and O–H groups in total. The highest BCUT2D eigenvalue weighted by Gasteiger charge is 2.38. The highest BCUT2D eigenvalue weighted by molar-refractivity contribution is 6.36. The van der Waals surface area contributed by atoms with Gasteiger partial charge in [0.15, 0.2) is 5.82 Å². The molecular weight excluding hydrogens is 934 g/mol. The number of phenolic OH excluding ortho intramolecular Hbond substituents is 2. The zero-order valence-electron chi connectivity index (χ0n) is 40.9. The van der Waals surface area contributed by atoms with Gasteiger partial charge in [-0.25, -0.2) is 14.5 Å². The van der Waals surface area contributed by atoms with E-state index in [2.05, 4.69) is 55.2 Å². The number of amides is 2. The predicted molar refractivity (Wildman–Crippen MR) is 275 cm³/mol. The Hall–Kier alpha value is -7.16. The van der Waals surface area contributed by atoms with Crippen LogP contribution in [0.25, 0.3) is 27.8 Å². The van der Waals surface area contributed by atoms with E-state index in [9.17, 15) is 29.9 Å². The van der Waals surface area contributed by atoms with Crippen molar-refractivity contribution in [1.82, 2.24) is 39.4 Å². The lowest BCUT2D eigenvalue weighted by Gasteiger charge is -2.43. The fourth-order valence-electron chi connectivity index (χ4n) is 10.9. The Bertz CT molecular complexity index is 3100. The highest BCUT2D eigenvalue weighted by Crippen LogP contribution is 2.39. The molecule has 72 heavy (non-hydrogen) atoms. The van der Waals surface area contributed by atoms with Crippen molar-refractivity contribution in [3.8, 4) is 40.7 Å². The number of carbonyl (C=O) groups is 2. The van der Waals surface area contributed by atoms with Gasteiger partial charge < -0.3 is 34.5 Å². The molecule has 0 spiro atoms. The molecule has 3 saturated heterocycles. The number of anilines is 2. The number of piperidine rings is 1. The van der Waals surface area contributed by atoms with Crippen LogP contribution in [-0.4, -0.2) is 126 Å². The molecule has 4 aliphatic rings. The number of nitrogens with zero attached hydrogens (tertiary/aromatic N) is 10. The third-order valence-electron chi connectivity index (χ3n) is 14.9. The van der Waals surface area contributed by atoms with Gasteiger partial charge in [0.25, 0.3) is 0 Å². The normalized spacial score (nSPS) is 17.8. The molecule has 0 radical (unpaired) electrons. The van der Waals surface area contributed by atoms with Crippen molar-refractivity contribution in [2.45, 2.75) is 77.9 Å².